The van der Waals surface area contributed by atoms with E-state index in [9.17, 15) is 9.59 Å². The molecule has 2 aliphatic heterocycles. The maximum Gasteiger partial charge on any atom is 0.318 e. The summed E-state index contributed by atoms with van der Waals surface area (Å²) >= 11 is 0. The quantitative estimate of drug-likeness (QED) is 0.913. The number of hydrogen-bond donors (Lipinski definition) is 1. The number of Topliss-reactive ketones (excluding diaryl/α,β-unsaturated/α-hetero) is 1. The number of fused-ring (bicyclic) bond motifs is 1. The van der Waals surface area contributed by atoms with Crippen LogP contribution in [0.25, 0.3) is 0 Å². The molecule has 1 aromatic carbocycles. The van der Waals surface area contributed by atoms with Crippen LogP contribution < -0.4 is 10.1 Å². The fraction of sp³-hybridized carbons (Fsp3) is 0.556. The Labute approximate surface area is 141 Å². The molecule has 0 unspecified atom stereocenters. The molecular formula is C18H22N2O4. The van der Waals surface area contributed by atoms with Crippen LogP contribution in [0.4, 0.5) is 4.79 Å². The number of nitrogens with zero attached hydrogens (tertiary/aromatic N) is 1. The third-order valence-electron chi connectivity index (χ3n) is 5.31. The second-order valence-electron chi connectivity index (χ2n) is 6.91. The van der Waals surface area contributed by atoms with Crippen molar-refractivity contribution >= 4 is 11.8 Å². The van der Waals surface area contributed by atoms with Gasteiger partial charge in [-0.25, -0.2) is 4.79 Å². The molecule has 2 atom stereocenters. The predicted octanol–water partition coefficient (Wildman–Crippen LogP) is 1.74. The molecule has 3 fully saturated rings. The molecule has 0 aromatic heterocycles. The lowest BCUT2D eigenvalue weighted by Crippen LogP contribution is -2.61. The van der Waals surface area contributed by atoms with Crippen molar-refractivity contribution < 1.29 is 19.1 Å². The Balaban J connectivity index is 1.39. The number of urea groups is 1. The fourth-order valence-electron chi connectivity index (χ4n) is 3.77. The van der Waals surface area contributed by atoms with E-state index in [0.29, 0.717) is 13.2 Å². The second kappa shape index (κ2) is 6.09. The number of ketones is 1. The van der Waals surface area contributed by atoms with Gasteiger partial charge in [0, 0.05) is 6.54 Å². The Hall–Kier alpha value is -2.08. The van der Waals surface area contributed by atoms with Crippen LogP contribution in [0.2, 0.25) is 0 Å². The highest BCUT2D eigenvalue weighted by atomic mass is 16.5. The Morgan fingerprint density at radius 3 is 2.83 bits per heavy atom. The number of benzene rings is 1. The highest BCUT2D eigenvalue weighted by Gasteiger charge is 2.49. The molecule has 1 N–H and O–H groups in total. The molecule has 1 aliphatic carbocycles. The smallest absolute Gasteiger partial charge is 0.318 e. The molecule has 2 saturated heterocycles. The molecule has 2 heterocycles. The van der Waals surface area contributed by atoms with Crippen molar-refractivity contribution in [3.63, 3.8) is 0 Å². The summed E-state index contributed by atoms with van der Waals surface area (Å²) in [6.07, 6.45) is 3.49. The number of carbonyl (C=O) groups is 2. The third-order valence-corrected chi connectivity index (χ3v) is 5.31. The van der Waals surface area contributed by atoms with E-state index in [0.717, 1.165) is 31.4 Å². The summed E-state index contributed by atoms with van der Waals surface area (Å²) in [4.78, 5) is 26.3. The van der Waals surface area contributed by atoms with E-state index in [2.05, 4.69) is 5.32 Å². The number of ether oxygens (including phenoxy) is 2. The van der Waals surface area contributed by atoms with Crippen LogP contribution in [0.1, 0.15) is 25.7 Å². The van der Waals surface area contributed by atoms with Crippen LogP contribution in [0, 0.1) is 0 Å². The van der Waals surface area contributed by atoms with Crippen LogP contribution in [-0.2, 0) is 9.53 Å². The second-order valence-corrected chi connectivity index (χ2v) is 6.91. The van der Waals surface area contributed by atoms with E-state index in [4.69, 9.17) is 9.47 Å². The van der Waals surface area contributed by atoms with Crippen LogP contribution in [-0.4, -0.2) is 54.2 Å². The minimum atomic E-state index is -0.405. The highest BCUT2D eigenvalue weighted by molar-refractivity contribution is 5.92. The molecular weight excluding hydrogens is 308 g/mol. The maximum atomic E-state index is 12.7. The van der Waals surface area contributed by atoms with Crippen molar-refractivity contribution in [3.8, 4) is 5.75 Å². The van der Waals surface area contributed by atoms with Gasteiger partial charge in [0.05, 0.1) is 11.6 Å². The number of carbonyl (C=O) groups excluding carboxylic acids is 2. The molecule has 0 bridgehead atoms. The van der Waals surface area contributed by atoms with Gasteiger partial charge in [-0.1, -0.05) is 18.2 Å². The van der Waals surface area contributed by atoms with Crippen LogP contribution in [0.5, 0.6) is 5.75 Å². The van der Waals surface area contributed by atoms with Crippen molar-refractivity contribution in [1.82, 2.24) is 10.2 Å². The van der Waals surface area contributed by atoms with E-state index in [1.165, 1.54) is 0 Å². The number of likely N-dealkylation sites (tertiary alicyclic amines) is 1. The average molecular weight is 330 g/mol. The summed E-state index contributed by atoms with van der Waals surface area (Å²) in [5.74, 6) is 0.814. The van der Waals surface area contributed by atoms with Crippen LogP contribution in [0.15, 0.2) is 30.3 Å². The Morgan fingerprint density at radius 1 is 1.33 bits per heavy atom. The van der Waals surface area contributed by atoms with Crippen molar-refractivity contribution in [2.24, 2.45) is 0 Å². The molecule has 0 spiro atoms. The lowest BCUT2D eigenvalue weighted by Gasteiger charge is -2.43. The molecule has 4 rings (SSSR count). The van der Waals surface area contributed by atoms with E-state index in [-0.39, 0.29) is 30.1 Å². The van der Waals surface area contributed by atoms with E-state index in [1.54, 1.807) is 4.90 Å². The number of amides is 2. The van der Waals surface area contributed by atoms with Crippen molar-refractivity contribution in [1.29, 1.82) is 0 Å². The lowest BCUT2D eigenvalue weighted by atomic mass is 9.77. The summed E-state index contributed by atoms with van der Waals surface area (Å²) in [6, 6.07) is 9.05. The summed E-state index contributed by atoms with van der Waals surface area (Å²) < 4.78 is 11.3. The normalized spacial score (nSPS) is 27.5. The molecule has 6 heteroatoms. The molecule has 0 radical (unpaired) electrons. The lowest BCUT2D eigenvalue weighted by molar-refractivity contribution is -0.120. The Morgan fingerprint density at radius 2 is 2.12 bits per heavy atom. The van der Waals surface area contributed by atoms with Gasteiger partial charge < -0.3 is 19.7 Å². The largest absolute Gasteiger partial charge is 0.491 e. The zero-order valence-corrected chi connectivity index (χ0v) is 13.6. The summed E-state index contributed by atoms with van der Waals surface area (Å²) in [5.41, 5.74) is -0.326. The van der Waals surface area contributed by atoms with Gasteiger partial charge in [0.1, 0.15) is 25.0 Å². The van der Waals surface area contributed by atoms with Crippen LogP contribution >= 0.6 is 0 Å². The highest BCUT2D eigenvalue weighted by Crippen LogP contribution is 2.34. The van der Waals surface area contributed by atoms with Gasteiger partial charge in [-0.3, -0.25) is 4.79 Å². The first-order valence-electron chi connectivity index (χ1n) is 8.58. The van der Waals surface area contributed by atoms with E-state index < -0.39 is 6.04 Å². The third kappa shape index (κ3) is 2.75. The van der Waals surface area contributed by atoms with Crippen molar-refractivity contribution in [3.05, 3.63) is 30.3 Å². The maximum absolute atomic E-state index is 12.7. The van der Waals surface area contributed by atoms with Gasteiger partial charge in [0.2, 0.25) is 0 Å². The minimum absolute atomic E-state index is 0.0100. The zero-order chi connectivity index (χ0) is 16.6. The molecule has 3 aliphatic rings. The van der Waals surface area contributed by atoms with Gasteiger partial charge in [-0.05, 0) is 37.8 Å². The number of nitrogens with one attached hydrogen (secondary N) is 1. The number of para-hydroxylation sites is 1. The molecule has 6 nitrogen and oxygen atoms in total. The SMILES string of the molecule is O=C1CO[C@@H]2CCN(C(=O)NC3(COc4ccccc4)CCC3)[C@H]12. The van der Waals surface area contributed by atoms with Gasteiger partial charge >= 0.3 is 6.03 Å². The Bertz CT molecular complexity index is 629. The van der Waals surface area contributed by atoms with E-state index in [1.807, 2.05) is 30.3 Å². The fourth-order valence-corrected chi connectivity index (χ4v) is 3.77. The first-order valence-corrected chi connectivity index (χ1v) is 8.58. The van der Waals surface area contributed by atoms with Gasteiger partial charge in [0.25, 0.3) is 0 Å². The number of rotatable bonds is 4. The van der Waals surface area contributed by atoms with E-state index >= 15 is 0 Å². The number of hydrogen-bond acceptors (Lipinski definition) is 4. The standard InChI is InChI=1S/C18H22N2O4/c21-14-11-23-15-7-10-20(16(14)15)17(22)19-18(8-4-9-18)12-24-13-5-2-1-3-6-13/h1-3,5-6,15-16H,4,7-12H2,(H,19,22)/t15-,16-/m1/s1. The van der Waals surface area contributed by atoms with Gasteiger partial charge in [0.15, 0.2) is 5.78 Å². The summed E-state index contributed by atoms with van der Waals surface area (Å²) in [7, 11) is 0. The minimum Gasteiger partial charge on any atom is -0.491 e. The Kier molecular flexibility index (Phi) is 3.92. The molecule has 24 heavy (non-hydrogen) atoms. The first kappa shape index (κ1) is 15.4. The first-order chi connectivity index (χ1) is 11.7. The predicted molar refractivity (Wildman–Crippen MR) is 86.9 cm³/mol. The topological polar surface area (TPSA) is 67.9 Å². The molecule has 1 aromatic rings. The van der Waals surface area contributed by atoms with Crippen molar-refractivity contribution in [2.75, 3.05) is 19.8 Å². The monoisotopic (exact) mass is 330 g/mol. The zero-order valence-electron chi connectivity index (χ0n) is 13.6. The average Bonchev–Trinajstić information content (AvgIpc) is 3.14. The molecule has 128 valence electrons. The summed E-state index contributed by atoms with van der Waals surface area (Å²) in [5, 5.41) is 3.13. The van der Waals surface area contributed by atoms with Gasteiger partial charge in [-0.15, -0.1) is 0 Å². The van der Waals surface area contributed by atoms with Crippen molar-refractivity contribution in [2.45, 2.75) is 43.4 Å². The molecule has 2 amide bonds. The van der Waals surface area contributed by atoms with Crippen LogP contribution in [0.3, 0.4) is 0 Å². The summed E-state index contributed by atoms with van der Waals surface area (Å²) in [6.45, 7) is 1.15. The molecule has 1 saturated carbocycles. The van der Waals surface area contributed by atoms with Gasteiger partial charge in [-0.2, -0.15) is 0 Å².